The summed E-state index contributed by atoms with van der Waals surface area (Å²) in [7, 11) is 0. The summed E-state index contributed by atoms with van der Waals surface area (Å²) in [6.07, 6.45) is 0. The van der Waals surface area contributed by atoms with Crippen LogP contribution in [-0.4, -0.2) is 31.4 Å². The van der Waals surface area contributed by atoms with Gasteiger partial charge >= 0.3 is 0 Å². The molecule has 2 aromatic carbocycles. The molecule has 1 amide bonds. The van der Waals surface area contributed by atoms with Gasteiger partial charge in [-0.15, -0.1) is 5.10 Å². The van der Waals surface area contributed by atoms with Crippen LogP contribution < -0.4 is 5.32 Å². The number of carbonyl (C=O) groups excluding carboxylic acids is 1. The molecule has 9 heteroatoms. The van der Waals surface area contributed by atoms with E-state index in [0.29, 0.717) is 20.9 Å². The summed E-state index contributed by atoms with van der Waals surface area (Å²) in [5.41, 5.74) is 1.45. The summed E-state index contributed by atoms with van der Waals surface area (Å²) in [6.45, 7) is 1.79. The molecule has 0 bridgehead atoms. The Balaban J connectivity index is 1.70. The van der Waals surface area contributed by atoms with Crippen molar-refractivity contribution >= 4 is 46.6 Å². The maximum Gasteiger partial charge on any atom is 0.237 e. The Bertz CT molecular complexity index is 867. The lowest BCUT2D eigenvalue weighted by molar-refractivity contribution is -0.115. The third kappa shape index (κ3) is 4.50. The van der Waals surface area contributed by atoms with Crippen LogP contribution in [0.1, 0.15) is 6.92 Å². The van der Waals surface area contributed by atoms with E-state index in [-0.39, 0.29) is 5.91 Å². The summed E-state index contributed by atoms with van der Waals surface area (Å²) < 4.78 is 1.56. The minimum absolute atomic E-state index is 0.155. The third-order valence-corrected chi connectivity index (χ3v) is 4.81. The Labute approximate surface area is 158 Å². The van der Waals surface area contributed by atoms with Crippen molar-refractivity contribution < 1.29 is 4.79 Å². The van der Waals surface area contributed by atoms with Crippen LogP contribution in [0.2, 0.25) is 10.0 Å². The van der Waals surface area contributed by atoms with Gasteiger partial charge in [0.2, 0.25) is 11.1 Å². The van der Waals surface area contributed by atoms with Crippen LogP contribution in [0.25, 0.3) is 5.69 Å². The van der Waals surface area contributed by atoms with Gasteiger partial charge in [0.05, 0.1) is 10.9 Å². The minimum Gasteiger partial charge on any atom is -0.325 e. The van der Waals surface area contributed by atoms with E-state index in [1.807, 2.05) is 0 Å². The standard InChI is InChI=1S/C16H13Cl2N5OS/c1-10(15(24)19-13-6-2-11(17)3-7-13)25-16-20-21-22-23(16)14-8-4-12(18)5-9-14/h2-10H,1H3,(H,19,24). The van der Waals surface area contributed by atoms with Crippen molar-refractivity contribution in [1.29, 1.82) is 0 Å². The number of carbonyl (C=O) groups is 1. The van der Waals surface area contributed by atoms with E-state index in [1.165, 1.54) is 11.8 Å². The Morgan fingerprint density at radius 2 is 1.68 bits per heavy atom. The highest BCUT2D eigenvalue weighted by Gasteiger charge is 2.19. The zero-order valence-corrected chi connectivity index (χ0v) is 15.4. The number of thioether (sulfide) groups is 1. The number of nitrogens with zero attached hydrogens (tertiary/aromatic N) is 4. The molecule has 128 valence electrons. The van der Waals surface area contributed by atoms with Gasteiger partial charge in [-0.25, -0.2) is 0 Å². The fraction of sp³-hybridized carbons (Fsp3) is 0.125. The second-order valence-electron chi connectivity index (χ2n) is 5.11. The van der Waals surface area contributed by atoms with Crippen molar-refractivity contribution in [2.75, 3.05) is 5.32 Å². The zero-order chi connectivity index (χ0) is 17.8. The van der Waals surface area contributed by atoms with Crippen molar-refractivity contribution in [3.8, 4) is 5.69 Å². The van der Waals surface area contributed by atoms with Gasteiger partial charge in [-0.1, -0.05) is 35.0 Å². The molecule has 25 heavy (non-hydrogen) atoms. The predicted molar refractivity (Wildman–Crippen MR) is 99.6 cm³/mol. The van der Waals surface area contributed by atoms with Crippen LogP contribution in [0.15, 0.2) is 53.7 Å². The van der Waals surface area contributed by atoms with Gasteiger partial charge in [0.15, 0.2) is 0 Å². The van der Waals surface area contributed by atoms with Crippen molar-refractivity contribution in [3.63, 3.8) is 0 Å². The largest absolute Gasteiger partial charge is 0.325 e. The van der Waals surface area contributed by atoms with Crippen LogP contribution in [0, 0.1) is 0 Å². The molecule has 1 N–H and O–H groups in total. The summed E-state index contributed by atoms with van der Waals surface area (Å²) in [6, 6.07) is 14.0. The van der Waals surface area contributed by atoms with E-state index >= 15 is 0 Å². The van der Waals surface area contributed by atoms with Crippen molar-refractivity contribution in [2.24, 2.45) is 0 Å². The molecule has 6 nitrogen and oxygen atoms in total. The van der Waals surface area contributed by atoms with Crippen LogP contribution in [0.4, 0.5) is 5.69 Å². The smallest absolute Gasteiger partial charge is 0.237 e. The molecule has 0 aliphatic heterocycles. The maximum atomic E-state index is 12.4. The Morgan fingerprint density at radius 3 is 2.32 bits per heavy atom. The second-order valence-corrected chi connectivity index (χ2v) is 7.29. The quantitative estimate of drug-likeness (QED) is 0.660. The number of rotatable bonds is 5. The van der Waals surface area contributed by atoms with E-state index in [9.17, 15) is 4.79 Å². The SMILES string of the molecule is CC(Sc1nnnn1-c1ccc(Cl)cc1)C(=O)Nc1ccc(Cl)cc1. The number of anilines is 1. The van der Waals surface area contributed by atoms with E-state index in [4.69, 9.17) is 23.2 Å². The summed E-state index contributed by atoms with van der Waals surface area (Å²) in [5.74, 6) is -0.155. The van der Waals surface area contributed by atoms with Gasteiger partial charge in [0, 0.05) is 15.7 Å². The Kier molecular flexibility index (Phi) is 5.57. The predicted octanol–water partition coefficient (Wildman–Crippen LogP) is 4.09. The number of amides is 1. The summed E-state index contributed by atoms with van der Waals surface area (Å²) in [5, 5.41) is 15.8. The number of nitrogens with one attached hydrogen (secondary N) is 1. The average molecular weight is 394 g/mol. The fourth-order valence-electron chi connectivity index (χ4n) is 1.99. The molecule has 0 aliphatic carbocycles. The van der Waals surface area contributed by atoms with E-state index < -0.39 is 5.25 Å². The molecular weight excluding hydrogens is 381 g/mol. The van der Waals surface area contributed by atoms with Gasteiger partial charge in [-0.2, -0.15) is 4.68 Å². The zero-order valence-electron chi connectivity index (χ0n) is 13.1. The lowest BCUT2D eigenvalue weighted by atomic mass is 10.3. The highest BCUT2D eigenvalue weighted by molar-refractivity contribution is 8.00. The maximum absolute atomic E-state index is 12.4. The third-order valence-electron chi connectivity index (χ3n) is 3.28. The van der Waals surface area contributed by atoms with Gasteiger partial charge in [-0.3, -0.25) is 4.79 Å². The highest BCUT2D eigenvalue weighted by atomic mass is 35.5. The molecule has 1 aromatic heterocycles. The molecule has 0 spiro atoms. The first-order valence-electron chi connectivity index (χ1n) is 7.30. The molecule has 0 radical (unpaired) electrons. The highest BCUT2D eigenvalue weighted by Crippen LogP contribution is 2.24. The van der Waals surface area contributed by atoms with Crippen LogP contribution in [0.3, 0.4) is 0 Å². The number of halogens is 2. The van der Waals surface area contributed by atoms with Crippen molar-refractivity contribution in [2.45, 2.75) is 17.3 Å². The first kappa shape index (κ1) is 17.7. The second kappa shape index (κ2) is 7.86. The monoisotopic (exact) mass is 393 g/mol. The number of hydrogen-bond donors (Lipinski definition) is 1. The normalized spacial score (nSPS) is 12.0. The number of tetrazole rings is 1. The number of aromatic nitrogens is 4. The Morgan fingerprint density at radius 1 is 1.08 bits per heavy atom. The fourth-order valence-corrected chi connectivity index (χ4v) is 3.05. The molecular formula is C16H13Cl2N5OS. The number of hydrogen-bond acceptors (Lipinski definition) is 5. The van der Waals surface area contributed by atoms with E-state index in [0.717, 1.165) is 5.69 Å². The molecule has 1 heterocycles. The minimum atomic E-state index is -0.396. The first-order valence-corrected chi connectivity index (χ1v) is 8.94. The molecule has 0 saturated heterocycles. The topological polar surface area (TPSA) is 72.7 Å². The lowest BCUT2D eigenvalue weighted by Gasteiger charge is -2.11. The Hall–Kier alpha value is -2.09. The van der Waals surface area contributed by atoms with Crippen LogP contribution in [-0.2, 0) is 4.79 Å². The molecule has 0 aliphatic rings. The van der Waals surface area contributed by atoms with E-state index in [1.54, 1.807) is 60.1 Å². The molecule has 1 unspecified atom stereocenters. The number of benzene rings is 2. The van der Waals surface area contributed by atoms with Gasteiger partial charge in [-0.05, 0) is 65.9 Å². The molecule has 3 aromatic rings. The average Bonchev–Trinajstić information content (AvgIpc) is 3.05. The van der Waals surface area contributed by atoms with Crippen LogP contribution in [0.5, 0.6) is 0 Å². The van der Waals surface area contributed by atoms with Gasteiger partial charge < -0.3 is 5.32 Å². The van der Waals surface area contributed by atoms with Crippen molar-refractivity contribution in [1.82, 2.24) is 20.2 Å². The van der Waals surface area contributed by atoms with Crippen LogP contribution >= 0.6 is 35.0 Å². The molecule has 1 atom stereocenters. The van der Waals surface area contributed by atoms with E-state index in [2.05, 4.69) is 20.8 Å². The first-order chi connectivity index (χ1) is 12.0. The molecule has 0 saturated carbocycles. The molecule has 3 rings (SSSR count). The molecule has 0 fully saturated rings. The lowest BCUT2D eigenvalue weighted by Crippen LogP contribution is -2.22. The van der Waals surface area contributed by atoms with Gasteiger partial charge in [0.1, 0.15) is 0 Å². The van der Waals surface area contributed by atoms with Crippen molar-refractivity contribution in [3.05, 3.63) is 58.6 Å². The summed E-state index contributed by atoms with van der Waals surface area (Å²) >= 11 is 13.0. The summed E-state index contributed by atoms with van der Waals surface area (Å²) in [4.78, 5) is 12.4. The van der Waals surface area contributed by atoms with Gasteiger partial charge in [0.25, 0.3) is 0 Å².